The maximum atomic E-state index is 5.34. The third-order valence-electron chi connectivity index (χ3n) is 4.66. The van der Waals surface area contributed by atoms with Gasteiger partial charge in [0, 0.05) is 35.7 Å². The fourth-order valence-electron chi connectivity index (χ4n) is 3.13. The first-order valence-corrected chi connectivity index (χ1v) is 9.96. The van der Waals surface area contributed by atoms with E-state index >= 15 is 0 Å². The summed E-state index contributed by atoms with van der Waals surface area (Å²) < 4.78 is 5.34. The first-order chi connectivity index (χ1) is 11.7. The molecule has 25 heavy (non-hydrogen) atoms. The van der Waals surface area contributed by atoms with Gasteiger partial charge in [-0.3, -0.25) is 4.99 Å². The van der Waals surface area contributed by atoms with Crippen molar-refractivity contribution in [3.8, 4) is 0 Å². The molecule has 3 rings (SSSR count). The molecule has 2 aliphatic heterocycles. The minimum Gasteiger partial charge on any atom is -0.380 e. The van der Waals surface area contributed by atoms with Crippen LogP contribution in [0.4, 0.5) is 0 Å². The highest BCUT2D eigenvalue weighted by atomic mass is 127. The standard InChI is InChI=1S/C19H29N3OS.HI/c1-3-20-18(21-13-19(2)14-23-15-19)22-10-9-16(11-22)12-24-17-7-5-4-6-8-17;/h4-8,16H,3,9-15H2,1-2H3,(H,20,21);1H. The Kier molecular flexibility index (Phi) is 8.35. The Hall–Kier alpha value is -0.470. The summed E-state index contributed by atoms with van der Waals surface area (Å²) in [6.07, 6.45) is 1.25. The van der Waals surface area contributed by atoms with E-state index in [9.17, 15) is 0 Å². The van der Waals surface area contributed by atoms with Gasteiger partial charge in [-0.15, -0.1) is 35.7 Å². The molecular weight excluding hydrogens is 445 g/mol. The topological polar surface area (TPSA) is 36.9 Å². The van der Waals surface area contributed by atoms with Crippen molar-refractivity contribution in [2.75, 3.05) is 45.1 Å². The molecule has 0 aliphatic carbocycles. The molecule has 1 N–H and O–H groups in total. The molecule has 0 bridgehead atoms. The van der Waals surface area contributed by atoms with Crippen molar-refractivity contribution in [2.24, 2.45) is 16.3 Å². The first-order valence-electron chi connectivity index (χ1n) is 8.97. The van der Waals surface area contributed by atoms with Gasteiger partial charge in [0.2, 0.25) is 0 Å². The van der Waals surface area contributed by atoms with Gasteiger partial charge in [-0.1, -0.05) is 25.1 Å². The second-order valence-electron chi connectivity index (χ2n) is 7.20. The Morgan fingerprint density at radius 3 is 2.76 bits per heavy atom. The summed E-state index contributed by atoms with van der Waals surface area (Å²) in [7, 11) is 0. The minimum atomic E-state index is 0. The normalized spacial score (nSPS) is 22.2. The number of ether oxygens (including phenoxy) is 1. The van der Waals surface area contributed by atoms with Gasteiger partial charge in [-0.2, -0.15) is 0 Å². The first kappa shape index (κ1) is 20.8. The second-order valence-corrected chi connectivity index (χ2v) is 8.29. The lowest BCUT2D eigenvalue weighted by Crippen LogP contribution is -2.45. The van der Waals surface area contributed by atoms with E-state index in [1.165, 1.54) is 17.1 Å². The molecule has 1 unspecified atom stereocenters. The van der Waals surface area contributed by atoms with E-state index in [4.69, 9.17) is 9.73 Å². The van der Waals surface area contributed by atoms with Crippen LogP contribution in [0.25, 0.3) is 0 Å². The Morgan fingerprint density at radius 1 is 1.36 bits per heavy atom. The number of hydrogen-bond acceptors (Lipinski definition) is 3. The van der Waals surface area contributed by atoms with Crippen molar-refractivity contribution in [2.45, 2.75) is 25.2 Å². The summed E-state index contributed by atoms with van der Waals surface area (Å²) in [6.45, 7) is 10.1. The summed E-state index contributed by atoms with van der Waals surface area (Å²) in [5, 5.41) is 3.47. The minimum absolute atomic E-state index is 0. The van der Waals surface area contributed by atoms with E-state index in [1.807, 2.05) is 11.8 Å². The van der Waals surface area contributed by atoms with Crippen LogP contribution in [0.3, 0.4) is 0 Å². The predicted molar refractivity (Wildman–Crippen MR) is 117 cm³/mol. The molecule has 1 atom stereocenters. The van der Waals surface area contributed by atoms with Crippen molar-refractivity contribution in [3.63, 3.8) is 0 Å². The van der Waals surface area contributed by atoms with E-state index in [1.54, 1.807) is 0 Å². The van der Waals surface area contributed by atoms with E-state index < -0.39 is 0 Å². The van der Waals surface area contributed by atoms with Gasteiger partial charge in [0.25, 0.3) is 0 Å². The monoisotopic (exact) mass is 475 g/mol. The van der Waals surface area contributed by atoms with Crippen molar-refractivity contribution < 1.29 is 4.74 Å². The Bertz CT molecular complexity index is 551. The van der Waals surface area contributed by atoms with E-state index in [0.717, 1.165) is 51.3 Å². The zero-order chi connectivity index (χ0) is 16.8. The molecule has 0 saturated carbocycles. The molecule has 0 aromatic heterocycles. The fraction of sp³-hybridized carbons (Fsp3) is 0.632. The summed E-state index contributed by atoms with van der Waals surface area (Å²) >= 11 is 1.97. The smallest absolute Gasteiger partial charge is 0.193 e. The zero-order valence-electron chi connectivity index (χ0n) is 15.2. The lowest BCUT2D eigenvalue weighted by Gasteiger charge is -2.37. The predicted octanol–water partition coefficient (Wildman–Crippen LogP) is 3.72. The number of halogens is 1. The highest BCUT2D eigenvalue weighted by molar-refractivity contribution is 14.0. The number of benzene rings is 1. The van der Waals surface area contributed by atoms with Crippen molar-refractivity contribution >= 4 is 41.7 Å². The molecule has 0 radical (unpaired) electrons. The maximum absolute atomic E-state index is 5.34. The van der Waals surface area contributed by atoms with Crippen LogP contribution in [-0.4, -0.2) is 56.0 Å². The van der Waals surface area contributed by atoms with Crippen LogP contribution in [0.1, 0.15) is 20.3 Å². The number of thioether (sulfide) groups is 1. The highest BCUT2D eigenvalue weighted by Gasteiger charge is 2.33. The van der Waals surface area contributed by atoms with Crippen LogP contribution in [0, 0.1) is 11.3 Å². The number of hydrogen-bond donors (Lipinski definition) is 1. The van der Waals surface area contributed by atoms with Crippen LogP contribution in [0.2, 0.25) is 0 Å². The summed E-state index contributed by atoms with van der Waals surface area (Å²) in [5.74, 6) is 3.00. The van der Waals surface area contributed by atoms with E-state index in [2.05, 4.69) is 54.4 Å². The molecule has 2 aliphatic rings. The Balaban J connectivity index is 0.00000225. The lowest BCUT2D eigenvalue weighted by molar-refractivity contribution is -0.0945. The third-order valence-corrected chi connectivity index (χ3v) is 5.90. The van der Waals surface area contributed by atoms with Crippen LogP contribution < -0.4 is 5.32 Å². The molecular formula is C19H30IN3OS. The quantitative estimate of drug-likeness (QED) is 0.295. The molecule has 2 fully saturated rings. The zero-order valence-corrected chi connectivity index (χ0v) is 18.4. The number of nitrogens with zero attached hydrogens (tertiary/aromatic N) is 2. The average molecular weight is 475 g/mol. The largest absolute Gasteiger partial charge is 0.380 e. The van der Waals surface area contributed by atoms with E-state index in [0.29, 0.717) is 0 Å². The van der Waals surface area contributed by atoms with Gasteiger partial charge in [0.05, 0.1) is 19.8 Å². The molecule has 1 aromatic rings. The fourth-order valence-corrected chi connectivity index (χ4v) is 4.18. The van der Waals surface area contributed by atoms with Crippen LogP contribution >= 0.6 is 35.7 Å². The second kappa shape index (κ2) is 10.0. The van der Waals surface area contributed by atoms with Gasteiger partial charge in [-0.25, -0.2) is 0 Å². The lowest BCUT2D eigenvalue weighted by atomic mass is 9.89. The number of aliphatic imine (C=N–C) groups is 1. The number of rotatable bonds is 6. The van der Waals surface area contributed by atoms with Gasteiger partial charge in [0.15, 0.2) is 5.96 Å². The third kappa shape index (κ3) is 6.03. The molecule has 0 amide bonds. The molecule has 1 aromatic carbocycles. The van der Waals surface area contributed by atoms with Crippen molar-refractivity contribution in [1.29, 1.82) is 0 Å². The van der Waals surface area contributed by atoms with Crippen molar-refractivity contribution in [3.05, 3.63) is 30.3 Å². The molecule has 4 nitrogen and oxygen atoms in total. The van der Waals surface area contributed by atoms with E-state index in [-0.39, 0.29) is 29.4 Å². The Labute approximate surface area is 173 Å². The summed E-state index contributed by atoms with van der Waals surface area (Å²) in [4.78, 5) is 8.69. The summed E-state index contributed by atoms with van der Waals surface area (Å²) in [6, 6.07) is 10.7. The van der Waals surface area contributed by atoms with Gasteiger partial charge in [0.1, 0.15) is 0 Å². The number of likely N-dealkylation sites (tertiary alicyclic amines) is 1. The van der Waals surface area contributed by atoms with Crippen molar-refractivity contribution in [1.82, 2.24) is 10.2 Å². The number of guanidine groups is 1. The molecule has 2 saturated heterocycles. The van der Waals surface area contributed by atoms with Crippen LogP contribution in [0.5, 0.6) is 0 Å². The van der Waals surface area contributed by atoms with Gasteiger partial charge >= 0.3 is 0 Å². The molecule has 140 valence electrons. The molecule has 6 heteroatoms. The van der Waals surface area contributed by atoms with Gasteiger partial charge < -0.3 is 15.0 Å². The molecule has 2 heterocycles. The SMILES string of the molecule is CCNC(=NCC1(C)COC1)N1CCC(CSc2ccccc2)C1.I. The highest BCUT2D eigenvalue weighted by Crippen LogP contribution is 2.28. The average Bonchev–Trinajstić information content (AvgIpc) is 3.05. The maximum Gasteiger partial charge on any atom is 0.193 e. The molecule has 0 spiro atoms. The van der Waals surface area contributed by atoms with Crippen LogP contribution in [-0.2, 0) is 4.74 Å². The van der Waals surface area contributed by atoms with Crippen LogP contribution in [0.15, 0.2) is 40.2 Å². The summed E-state index contributed by atoms with van der Waals surface area (Å²) in [5.41, 5.74) is 0.239. The number of nitrogens with one attached hydrogen (secondary N) is 1. The van der Waals surface area contributed by atoms with Gasteiger partial charge in [-0.05, 0) is 31.4 Å². The Morgan fingerprint density at radius 2 is 2.12 bits per heavy atom.